The van der Waals surface area contributed by atoms with Gasteiger partial charge < -0.3 is 10.2 Å². The molecule has 2 aliphatic rings. The Hall–Kier alpha value is -1.88. The average Bonchev–Trinajstić information content (AvgIpc) is 2.72. The summed E-state index contributed by atoms with van der Waals surface area (Å²) >= 11 is 0. The molecule has 5 nitrogen and oxygen atoms in total. The van der Waals surface area contributed by atoms with Crippen LogP contribution in [0, 0.1) is 5.92 Å². The molecule has 0 saturated carbocycles. The van der Waals surface area contributed by atoms with E-state index in [1.807, 2.05) is 37.3 Å². The number of piperidine rings is 2. The maximum Gasteiger partial charge on any atom is 0.240 e. The Labute approximate surface area is 169 Å². The highest BCUT2D eigenvalue weighted by molar-refractivity contribution is 5.82. The lowest BCUT2D eigenvalue weighted by atomic mass is 9.93. The van der Waals surface area contributed by atoms with E-state index in [0.717, 1.165) is 44.3 Å². The van der Waals surface area contributed by atoms with Gasteiger partial charge in [0.25, 0.3) is 0 Å². The molecular formula is C23H35N3O2. The Morgan fingerprint density at radius 3 is 2.25 bits per heavy atom. The van der Waals surface area contributed by atoms with Crippen molar-refractivity contribution in [1.29, 1.82) is 0 Å². The summed E-state index contributed by atoms with van der Waals surface area (Å²) in [6.07, 6.45) is 5.07. The average molecular weight is 386 g/mol. The van der Waals surface area contributed by atoms with Crippen molar-refractivity contribution in [2.75, 3.05) is 13.1 Å². The van der Waals surface area contributed by atoms with Crippen LogP contribution in [0.5, 0.6) is 0 Å². The molecule has 2 aliphatic heterocycles. The number of hydrogen-bond acceptors (Lipinski definition) is 3. The summed E-state index contributed by atoms with van der Waals surface area (Å²) in [6.45, 7) is 8.58. The van der Waals surface area contributed by atoms with Gasteiger partial charge in [-0.15, -0.1) is 0 Å². The van der Waals surface area contributed by atoms with Gasteiger partial charge >= 0.3 is 0 Å². The lowest BCUT2D eigenvalue weighted by molar-refractivity contribution is -0.143. The molecule has 0 spiro atoms. The van der Waals surface area contributed by atoms with E-state index in [2.05, 4.69) is 29.0 Å². The third kappa shape index (κ3) is 4.93. The Bertz CT molecular complexity index is 645. The Kier molecular flexibility index (Phi) is 7.11. The summed E-state index contributed by atoms with van der Waals surface area (Å²) in [5.74, 6) is 0.447. The SMILES string of the molecule is CC(C(=O)N1C(C)CCCC1C)N1CCC(C(=O)NCc2ccccc2)CC1. The second-order valence-corrected chi connectivity index (χ2v) is 8.56. The van der Waals surface area contributed by atoms with Gasteiger partial charge in [-0.2, -0.15) is 0 Å². The number of carbonyl (C=O) groups excluding carboxylic acids is 2. The van der Waals surface area contributed by atoms with Gasteiger partial charge in [0.15, 0.2) is 0 Å². The first-order valence-corrected chi connectivity index (χ1v) is 10.8. The first-order chi connectivity index (χ1) is 13.5. The van der Waals surface area contributed by atoms with Gasteiger partial charge in [0.2, 0.25) is 11.8 Å². The quantitative estimate of drug-likeness (QED) is 0.847. The van der Waals surface area contributed by atoms with Gasteiger partial charge in [0.1, 0.15) is 0 Å². The highest BCUT2D eigenvalue weighted by Crippen LogP contribution is 2.26. The minimum Gasteiger partial charge on any atom is -0.352 e. The molecule has 3 rings (SSSR count). The van der Waals surface area contributed by atoms with Crippen molar-refractivity contribution in [3.05, 3.63) is 35.9 Å². The van der Waals surface area contributed by atoms with Gasteiger partial charge in [-0.3, -0.25) is 14.5 Å². The van der Waals surface area contributed by atoms with Crippen LogP contribution >= 0.6 is 0 Å². The molecule has 3 unspecified atom stereocenters. The lowest BCUT2D eigenvalue weighted by Gasteiger charge is -2.43. The Morgan fingerprint density at radius 2 is 1.64 bits per heavy atom. The van der Waals surface area contributed by atoms with Crippen molar-refractivity contribution in [1.82, 2.24) is 15.1 Å². The van der Waals surface area contributed by atoms with Crippen LogP contribution < -0.4 is 5.32 Å². The van der Waals surface area contributed by atoms with E-state index in [0.29, 0.717) is 18.6 Å². The molecule has 2 heterocycles. The topological polar surface area (TPSA) is 52.7 Å². The number of benzene rings is 1. The fraction of sp³-hybridized carbons (Fsp3) is 0.652. The van der Waals surface area contributed by atoms with Crippen LogP contribution in [0.15, 0.2) is 30.3 Å². The third-order valence-electron chi connectivity index (χ3n) is 6.56. The predicted octanol–water partition coefficient (Wildman–Crippen LogP) is 3.19. The third-order valence-corrected chi connectivity index (χ3v) is 6.56. The highest BCUT2D eigenvalue weighted by Gasteiger charge is 2.35. The number of likely N-dealkylation sites (tertiary alicyclic amines) is 2. The summed E-state index contributed by atoms with van der Waals surface area (Å²) in [6, 6.07) is 10.6. The maximum atomic E-state index is 13.1. The molecule has 3 atom stereocenters. The van der Waals surface area contributed by atoms with Crippen LogP contribution in [0.2, 0.25) is 0 Å². The smallest absolute Gasteiger partial charge is 0.240 e. The maximum absolute atomic E-state index is 13.1. The van der Waals surface area contributed by atoms with E-state index in [-0.39, 0.29) is 23.8 Å². The molecule has 0 aliphatic carbocycles. The minimum atomic E-state index is -0.101. The van der Waals surface area contributed by atoms with Crippen LogP contribution in [0.1, 0.15) is 58.4 Å². The minimum absolute atomic E-state index is 0.0510. The molecular weight excluding hydrogens is 350 g/mol. The van der Waals surface area contributed by atoms with Crippen LogP contribution in [0.3, 0.4) is 0 Å². The first-order valence-electron chi connectivity index (χ1n) is 10.8. The zero-order valence-corrected chi connectivity index (χ0v) is 17.6. The number of amides is 2. The van der Waals surface area contributed by atoms with Gasteiger partial charge in [-0.05, 0) is 71.5 Å². The van der Waals surface area contributed by atoms with E-state index in [1.54, 1.807) is 0 Å². The summed E-state index contributed by atoms with van der Waals surface area (Å²) in [7, 11) is 0. The number of nitrogens with zero attached hydrogens (tertiary/aromatic N) is 2. The molecule has 28 heavy (non-hydrogen) atoms. The zero-order valence-electron chi connectivity index (χ0n) is 17.6. The van der Waals surface area contributed by atoms with E-state index >= 15 is 0 Å². The van der Waals surface area contributed by atoms with Crippen LogP contribution in [-0.2, 0) is 16.1 Å². The molecule has 0 aromatic heterocycles. The standard InChI is InChI=1S/C23H35N3O2/c1-17-8-7-9-18(2)26(17)23(28)19(3)25-14-12-21(13-15-25)22(27)24-16-20-10-5-4-6-11-20/h4-6,10-11,17-19,21H,7-9,12-16H2,1-3H3,(H,24,27). The second kappa shape index (κ2) is 9.55. The first kappa shape index (κ1) is 20.8. The molecule has 5 heteroatoms. The second-order valence-electron chi connectivity index (χ2n) is 8.56. The van der Waals surface area contributed by atoms with E-state index < -0.39 is 0 Å². The van der Waals surface area contributed by atoms with Crippen LogP contribution in [0.25, 0.3) is 0 Å². The summed E-state index contributed by atoms with van der Waals surface area (Å²) in [5, 5.41) is 3.07. The molecule has 0 bridgehead atoms. The predicted molar refractivity (Wildman–Crippen MR) is 112 cm³/mol. The molecule has 2 amide bonds. The van der Waals surface area contributed by atoms with Crippen LogP contribution in [0.4, 0.5) is 0 Å². The Morgan fingerprint density at radius 1 is 1.04 bits per heavy atom. The van der Waals surface area contributed by atoms with Crippen molar-refractivity contribution in [2.45, 2.75) is 77.5 Å². The largest absolute Gasteiger partial charge is 0.352 e. The summed E-state index contributed by atoms with van der Waals surface area (Å²) in [4.78, 5) is 30.0. The number of rotatable bonds is 5. The van der Waals surface area contributed by atoms with E-state index in [9.17, 15) is 9.59 Å². The van der Waals surface area contributed by atoms with Gasteiger partial charge in [-0.25, -0.2) is 0 Å². The Balaban J connectivity index is 1.47. The fourth-order valence-electron chi connectivity index (χ4n) is 4.71. The monoisotopic (exact) mass is 385 g/mol. The molecule has 1 aromatic carbocycles. The molecule has 2 fully saturated rings. The molecule has 1 aromatic rings. The van der Waals surface area contributed by atoms with E-state index in [1.165, 1.54) is 6.42 Å². The highest BCUT2D eigenvalue weighted by atomic mass is 16.2. The number of hydrogen-bond donors (Lipinski definition) is 1. The normalized spacial score (nSPS) is 25.3. The van der Waals surface area contributed by atoms with Crippen LogP contribution in [-0.4, -0.2) is 52.8 Å². The van der Waals surface area contributed by atoms with Crippen molar-refractivity contribution >= 4 is 11.8 Å². The van der Waals surface area contributed by atoms with Crippen molar-refractivity contribution in [2.24, 2.45) is 5.92 Å². The lowest BCUT2D eigenvalue weighted by Crippen LogP contribution is -2.56. The molecule has 2 saturated heterocycles. The molecule has 154 valence electrons. The van der Waals surface area contributed by atoms with Crippen molar-refractivity contribution in [3.63, 3.8) is 0 Å². The van der Waals surface area contributed by atoms with Crippen molar-refractivity contribution in [3.8, 4) is 0 Å². The molecule has 1 N–H and O–H groups in total. The summed E-state index contributed by atoms with van der Waals surface area (Å²) in [5.41, 5.74) is 1.12. The van der Waals surface area contributed by atoms with Gasteiger partial charge in [0.05, 0.1) is 6.04 Å². The summed E-state index contributed by atoms with van der Waals surface area (Å²) < 4.78 is 0. The number of carbonyl (C=O) groups is 2. The fourth-order valence-corrected chi connectivity index (χ4v) is 4.71. The van der Waals surface area contributed by atoms with Crippen molar-refractivity contribution < 1.29 is 9.59 Å². The number of nitrogens with one attached hydrogen (secondary N) is 1. The molecule has 0 radical (unpaired) electrons. The van der Waals surface area contributed by atoms with Gasteiger partial charge in [0, 0.05) is 24.5 Å². The zero-order chi connectivity index (χ0) is 20.1. The van der Waals surface area contributed by atoms with Gasteiger partial charge in [-0.1, -0.05) is 30.3 Å². The van der Waals surface area contributed by atoms with E-state index in [4.69, 9.17) is 0 Å².